The summed E-state index contributed by atoms with van der Waals surface area (Å²) in [5.74, 6) is 1.76. The highest BCUT2D eigenvalue weighted by Crippen LogP contribution is 2.24. The van der Waals surface area contributed by atoms with Crippen LogP contribution in [0.5, 0.6) is 0 Å². The fourth-order valence-electron chi connectivity index (χ4n) is 2.35. The predicted octanol–water partition coefficient (Wildman–Crippen LogP) is 2.35. The molecule has 3 rings (SSSR count). The molecule has 0 saturated heterocycles. The van der Waals surface area contributed by atoms with Crippen molar-refractivity contribution in [3.63, 3.8) is 0 Å². The zero-order valence-electron chi connectivity index (χ0n) is 10.2. The van der Waals surface area contributed by atoms with Crippen LogP contribution in [0.1, 0.15) is 36.3 Å². The van der Waals surface area contributed by atoms with Gasteiger partial charge in [0.25, 0.3) is 0 Å². The van der Waals surface area contributed by atoms with E-state index in [4.69, 9.17) is 4.52 Å². The maximum Gasteiger partial charge on any atom is 0.155 e. The van der Waals surface area contributed by atoms with Gasteiger partial charge in [-0.15, -0.1) is 0 Å². The lowest BCUT2D eigenvalue weighted by molar-refractivity contribution is 0.388. The third-order valence-corrected chi connectivity index (χ3v) is 3.30. The molecular formula is C13H16N4O. The first-order chi connectivity index (χ1) is 8.93. The molecule has 0 saturated carbocycles. The van der Waals surface area contributed by atoms with Gasteiger partial charge in [0.1, 0.15) is 12.1 Å². The van der Waals surface area contributed by atoms with Gasteiger partial charge in [0.05, 0.1) is 12.7 Å². The van der Waals surface area contributed by atoms with Crippen LogP contribution in [0.3, 0.4) is 0 Å². The second-order valence-electron chi connectivity index (χ2n) is 4.54. The predicted molar refractivity (Wildman–Crippen MR) is 67.1 cm³/mol. The summed E-state index contributed by atoms with van der Waals surface area (Å²) in [5.41, 5.74) is 2.47. The highest BCUT2D eigenvalue weighted by Gasteiger charge is 2.14. The number of nitrogens with one attached hydrogen (secondary N) is 1. The summed E-state index contributed by atoms with van der Waals surface area (Å²) in [4.78, 5) is 8.75. The monoisotopic (exact) mass is 244 g/mol. The van der Waals surface area contributed by atoms with Crippen LogP contribution in [0.25, 0.3) is 0 Å². The minimum absolute atomic E-state index is 0.615. The van der Waals surface area contributed by atoms with Crippen LogP contribution >= 0.6 is 0 Å². The van der Waals surface area contributed by atoms with Crippen molar-refractivity contribution in [3.05, 3.63) is 35.6 Å². The molecule has 2 heterocycles. The Morgan fingerprint density at radius 2 is 2.11 bits per heavy atom. The fourth-order valence-corrected chi connectivity index (χ4v) is 2.35. The summed E-state index contributed by atoms with van der Waals surface area (Å²) in [6.45, 7) is 0.615. The Kier molecular flexibility index (Phi) is 3.21. The normalized spacial score (nSPS) is 14.9. The van der Waals surface area contributed by atoms with Gasteiger partial charge in [-0.05, 0) is 25.7 Å². The molecule has 18 heavy (non-hydrogen) atoms. The van der Waals surface area contributed by atoms with Gasteiger partial charge >= 0.3 is 0 Å². The van der Waals surface area contributed by atoms with Gasteiger partial charge in [-0.1, -0.05) is 11.6 Å². The van der Waals surface area contributed by atoms with Crippen LogP contribution in [0.15, 0.2) is 23.1 Å². The molecule has 5 heteroatoms. The highest BCUT2D eigenvalue weighted by atomic mass is 16.5. The fraction of sp³-hybridized carbons (Fsp3) is 0.462. The Balaban J connectivity index is 1.79. The van der Waals surface area contributed by atoms with Gasteiger partial charge in [-0.25, -0.2) is 9.97 Å². The van der Waals surface area contributed by atoms with Crippen LogP contribution < -0.4 is 5.32 Å². The molecule has 2 aromatic rings. The van der Waals surface area contributed by atoms with Crippen molar-refractivity contribution in [2.24, 2.45) is 0 Å². The van der Waals surface area contributed by atoms with E-state index in [9.17, 15) is 0 Å². The summed E-state index contributed by atoms with van der Waals surface area (Å²) in [5, 5.41) is 7.01. The minimum Gasteiger partial charge on any atom is -0.362 e. The van der Waals surface area contributed by atoms with Crippen molar-refractivity contribution in [1.82, 2.24) is 15.1 Å². The second kappa shape index (κ2) is 5.16. The Morgan fingerprint density at radius 1 is 1.17 bits per heavy atom. The average molecular weight is 244 g/mol. The first-order valence-corrected chi connectivity index (χ1v) is 6.39. The van der Waals surface area contributed by atoms with E-state index in [1.807, 2.05) is 6.07 Å². The molecule has 0 fully saturated rings. The molecule has 0 amide bonds. The van der Waals surface area contributed by atoms with Crippen LogP contribution in [-0.4, -0.2) is 15.1 Å². The van der Waals surface area contributed by atoms with E-state index in [0.717, 1.165) is 24.4 Å². The van der Waals surface area contributed by atoms with Crippen molar-refractivity contribution in [2.45, 2.75) is 38.6 Å². The number of rotatable bonds is 3. The van der Waals surface area contributed by atoms with Crippen molar-refractivity contribution in [3.8, 4) is 0 Å². The standard InChI is InChI=1S/C13H16N4O/c1-2-4-11-12(5-3-1)15-9-16-13(11)14-8-10-6-7-17-18-10/h6-7,9H,1-5,8H2,(H,14,15,16). The molecule has 94 valence electrons. The molecule has 0 aliphatic heterocycles. The number of hydrogen-bond donors (Lipinski definition) is 1. The van der Waals surface area contributed by atoms with Gasteiger partial charge in [-0.3, -0.25) is 0 Å². The lowest BCUT2D eigenvalue weighted by atomic mass is 10.1. The molecule has 5 nitrogen and oxygen atoms in total. The first kappa shape index (κ1) is 11.2. The van der Waals surface area contributed by atoms with Crippen molar-refractivity contribution in [2.75, 3.05) is 5.32 Å². The van der Waals surface area contributed by atoms with E-state index in [1.165, 1.54) is 30.5 Å². The molecule has 0 bridgehead atoms. The van der Waals surface area contributed by atoms with Crippen LogP contribution in [-0.2, 0) is 19.4 Å². The van der Waals surface area contributed by atoms with Crippen LogP contribution in [0, 0.1) is 0 Å². The zero-order valence-corrected chi connectivity index (χ0v) is 10.2. The van der Waals surface area contributed by atoms with E-state index < -0.39 is 0 Å². The number of aryl methyl sites for hydroxylation is 1. The van der Waals surface area contributed by atoms with Gasteiger partial charge < -0.3 is 9.84 Å². The summed E-state index contributed by atoms with van der Waals surface area (Å²) in [6, 6.07) is 1.85. The largest absolute Gasteiger partial charge is 0.362 e. The third kappa shape index (κ3) is 2.34. The van der Waals surface area contributed by atoms with Crippen LogP contribution in [0.2, 0.25) is 0 Å². The van der Waals surface area contributed by atoms with Gasteiger partial charge in [0.2, 0.25) is 0 Å². The number of aromatic nitrogens is 3. The highest BCUT2D eigenvalue weighted by molar-refractivity contribution is 5.46. The molecule has 0 atom stereocenters. The Bertz CT molecular complexity index is 510. The van der Waals surface area contributed by atoms with E-state index in [0.29, 0.717) is 6.54 Å². The smallest absolute Gasteiger partial charge is 0.155 e. The number of fused-ring (bicyclic) bond motifs is 1. The topological polar surface area (TPSA) is 63.8 Å². The van der Waals surface area contributed by atoms with Crippen LogP contribution in [0.4, 0.5) is 5.82 Å². The second-order valence-corrected chi connectivity index (χ2v) is 4.54. The van der Waals surface area contributed by atoms with Crippen molar-refractivity contribution < 1.29 is 4.52 Å². The quantitative estimate of drug-likeness (QED) is 0.839. The molecule has 0 unspecified atom stereocenters. The van der Waals surface area contributed by atoms with Crippen molar-refractivity contribution in [1.29, 1.82) is 0 Å². The number of hydrogen-bond acceptors (Lipinski definition) is 5. The first-order valence-electron chi connectivity index (χ1n) is 6.39. The molecule has 1 N–H and O–H groups in total. The van der Waals surface area contributed by atoms with E-state index >= 15 is 0 Å². The number of nitrogens with zero attached hydrogens (tertiary/aromatic N) is 3. The van der Waals surface area contributed by atoms with Gasteiger partial charge in [-0.2, -0.15) is 0 Å². The molecule has 0 spiro atoms. The summed E-state index contributed by atoms with van der Waals surface area (Å²) < 4.78 is 5.07. The van der Waals surface area contributed by atoms with E-state index in [2.05, 4.69) is 20.4 Å². The molecule has 1 aliphatic carbocycles. The molecular weight excluding hydrogens is 228 g/mol. The Labute approximate surface area is 106 Å². The average Bonchev–Trinajstić information content (AvgIpc) is 2.79. The lowest BCUT2D eigenvalue weighted by Gasteiger charge is -2.11. The van der Waals surface area contributed by atoms with Crippen molar-refractivity contribution >= 4 is 5.82 Å². The number of anilines is 1. The molecule has 2 aromatic heterocycles. The summed E-state index contributed by atoms with van der Waals surface area (Å²) in [6.07, 6.45) is 9.15. The minimum atomic E-state index is 0.615. The Morgan fingerprint density at radius 3 is 3.00 bits per heavy atom. The maximum atomic E-state index is 5.07. The van der Waals surface area contributed by atoms with E-state index in [1.54, 1.807) is 12.5 Å². The van der Waals surface area contributed by atoms with Gasteiger partial charge in [0, 0.05) is 17.3 Å². The molecule has 1 aliphatic rings. The molecule has 0 aromatic carbocycles. The molecule has 0 radical (unpaired) electrons. The maximum absolute atomic E-state index is 5.07. The SMILES string of the molecule is c1cc(CNc2ncnc3c2CCCCC3)on1. The zero-order chi connectivity index (χ0) is 12.2. The summed E-state index contributed by atoms with van der Waals surface area (Å²) in [7, 11) is 0. The third-order valence-electron chi connectivity index (χ3n) is 3.30. The Hall–Kier alpha value is -1.91. The van der Waals surface area contributed by atoms with E-state index in [-0.39, 0.29) is 0 Å². The van der Waals surface area contributed by atoms with Gasteiger partial charge in [0.15, 0.2) is 5.76 Å². The lowest BCUT2D eigenvalue weighted by Crippen LogP contribution is -2.07. The summed E-state index contributed by atoms with van der Waals surface area (Å²) >= 11 is 0.